The lowest BCUT2D eigenvalue weighted by Crippen LogP contribution is -2.28. The van der Waals surface area contributed by atoms with E-state index in [1.165, 1.54) is 10.9 Å². The molecule has 0 bridgehead atoms. The first kappa shape index (κ1) is 27.6. The summed E-state index contributed by atoms with van der Waals surface area (Å²) in [4.78, 5) is 39.4. The molecule has 3 aromatic carbocycles. The van der Waals surface area contributed by atoms with E-state index in [-0.39, 0.29) is 33.4 Å². The van der Waals surface area contributed by atoms with Crippen LogP contribution in [-0.2, 0) is 0 Å². The number of benzene rings is 3. The van der Waals surface area contributed by atoms with Crippen molar-refractivity contribution in [1.82, 2.24) is 19.5 Å². The van der Waals surface area contributed by atoms with Crippen molar-refractivity contribution in [3.63, 3.8) is 0 Å². The molecular formula is C29H21ClN10O2. The quantitative estimate of drug-likeness (QED) is 0.216. The Labute approximate surface area is 244 Å². The number of hydrogen-bond donors (Lipinski definition) is 4. The number of para-hydroxylation sites is 1. The van der Waals surface area contributed by atoms with E-state index in [2.05, 4.69) is 25.9 Å². The summed E-state index contributed by atoms with van der Waals surface area (Å²) in [5.74, 6) is 0.460. The van der Waals surface area contributed by atoms with E-state index in [1.807, 2.05) is 12.1 Å². The highest BCUT2D eigenvalue weighted by atomic mass is 35.5. The molecule has 5 rings (SSSR count). The molecule has 0 saturated carbocycles. The van der Waals surface area contributed by atoms with Crippen LogP contribution >= 0.6 is 11.6 Å². The summed E-state index contributed by atoms with van der Waals surface area (Å²) in [6, 6.07) is 20.9. The number of hydrogen-bond acceptors (Lipinski definition) is 9. The second-order valence-electron chi connectivity index (χ2n) is 8.99. The zero-order valence-electron chi connectivity index (χ0n) is 22.0. The molecule has 0 spiro atoms. The molecule has 42 heavy (non-hydrogen) atoms. The standard InChI is InChI=1S/C29H21ClN10O2/c1-16(36-26-20(14-32)25(33)34-15-35-26)27-38-23-11-5-9-21(30)24(23)28(41)40(27)19-8-4-7-18(12-19)37-29(42)39-22-10-3-2-6-17(22)13-31/h2-12,15-16H,1H3,(H2,37,39,42)(H3,33,34,35,36)/t16-/m0/s1. The van der Waals surface area contributed by atoms with Crippen molar-refractivity contribution in [3.8, 4) is 17.8 Å². The Bertz CT molecular complexity index is 1990. The Balaban J connectivity index is 1.56. The number of rotatable bonds is 6. The topological polar surface area (TPSA) is 187 Å². The first-order valence-corrected chi connectivity index (χ1v) is 12.8. The average molecular weight is 577 g/mol. The minimum Gasteiger partial charge on any atom is -0.382 e. The summed E-state index contributed by atoms with van der Waals surface area (Å²) < 4.78 is 1.37. The number of carbonyl (C=O) groups is 1. The van der Waals surface area contributed by atoms with Crippen LogP contribution in [0.15, 0.2) is 77.9 Å². The van der Waals surface area contributed by atoms with Crippen molar-refractivity contribution < 1.29 is 4.79 Å². The first-order valence-electron chi connectivity index (χ1n) is 12.5. The van der Waals surface area contributed by atoms with E-state index >= 15 is 0 Å². The summed E-state index contributed by atoms with van der Waals surface area (Å²) in [5.41, 5.74) is 7.25. The maximum Gasteiger partial charge on any atom is 0.323 e. The smallest absolute Gasteiger partial charge is 0.323 e. The van der Waals surface area contributed by atoms with Gasteiger partial charge in [0.15, 0.2) is 0 Å². The third-order valence-electron chi connectivity index (χ3n) is 6.26. The van der Waals surface area contributed by atoms with Gasteiger partial charge in [-0.25, -0.2) is 19.7 Å². The van der Waals surface area contributed by atoms with E-state index < -0.39 is 17.6 Å². The fourth-order valence-corrected chi connectivity index (χ4v) is 4.58. The highest BCUT2D eigenvalue weighted by Crippen LogP contribution is 2.27. The van der Waals surface area contributed by atoms with Crippen molar-refractivity contribution in [1.29, 1.82) is 10.5 Å². The van der Waals surface area contributed by atoms with Crippen LogP contribution in [0.3, 0.4) is 0 Å². The number of aromatic nitrogens is 4. The molecule has 2 aromatic heterocycles. The van der Waals surface area contributed by atoms with Gasteiger partial charge in [0, 0.05) is 5.69 Å². The monoisotopic (exact) mass is 576 g/mol. The molecule has 2 amide bonds. The van der Waals surface area contributed by atoms with Crippen LogP contribution in [0.5, 0.6) is 0 Å². The Morgan fingerprint density at radius 1 is 1.02 bits per heavy atom. The second-order valence-corrected chi connectivity index (χ2v) is 9.40. The van der Waals surface area contributed by atoms with Gasteiger partial charge in [-0.1, -0.05) is 35.9 Å². The Morgan fingerprint density at radius 2 is 1.81 bits per heavy atom. The summed E-state index contributed by atoms with van der Waals surface area (Å²) in [7, 11) is 0. The molecule has 0 unspecified atom stereocenters. The predicted octanol–water partition coefficient (Wildman–Crippen LogP) is 4.97. The van der Waals surface area contributed by atoms with Crippen LogP contribution in [0.2, 0.25) is 5.02 Å². The highest BCUT2D eigenvalue weighted by Gasteiger charge is 2.21. The summed E-state index contributed by atoms with van der Waals surface area (Å²) >= 11 is 6.42. The fraction of sp³-hybridized carbons (Fsp3) is 0.0690. The van der Waals surface area contributed by atoms with Crippen LogP contribution in [0.1, 0.15) is 29.9 Å². The lowest BCUT2D eigenvalue weighted by molar-refractivity contribution is 0.262. The number of nitriles is 2. The van der Waals surface area contributed by atoms with Gasteiger partial charge >= 0.3 is 6.03 Å². The summed E-state index contributed by atoms with van der Waals surface area (Å²) in [6.45, 7) is 1.75. The molecule has 13 heteroatoms. The van der Waals surface area contributed by atoms with Crippen LogP contribution in [0, 0.1) is 22.7 Å². The van der Waals surface area contributed by atoms with Crippen LogP contribution in [0.25, 0.3) is 16.6 Å². The van der Waals surface area contributed by atoms with Crippen LogP contribution in [0.4, 0.5) is 27.8 Å². The maximum atomic E-state index is 13.9. The van der Waals surface area contributed by atoms with Gasteiger partial charge < -0.3 is 21.7 Å². The van der Waals surface area contributed by atoms with Gasteiger partial charge in [-0.2, -0.15) is 10.5 Å². The molecule has 0 saturated heterocycles. The van der Waals surface area contributed by atoms with Crippen molar-refractivity contribution in [2.75, 3.05) is 21.7 Å². The van der Waals surface area contributed by atoms with Crippen LogP contribution < -0.4 is 27.2 Å². The molecule has 1 atom stereocenters. The van der Waals surface area contributed by atoms with Crippen molar-refractivity contribution in [3.05, 3.63) is 105 Å². The molecule has 0 fully saturated rings. The normalized spacial score (nSPS) is 11.2. The molecule has 12 nitrogen and oxygen atoms in total. The van der Waals surface area contributed by atoms with Gasteiger partial charge in [0.1, 0.15) is 41.5 Å². The summed E-state index contributed by atoms with van der Waals surface area (Å²) in [5, 5.41) is 27.8. The minimum absolute atomic E-state index is 0.00675. The van der Waals surface area contributed by atoms with Gasteiger partial charge in [-0.15, -0.1) is 0 Å². The third kappa shape index (κ3) is 5.38. The number of carbonyl (C=O) groups excluding carboxylic acids is 1. The predicted molar refractivity (Wildman–Crippen MR) is 159 cm³/mol. The zero-order valence-corrected chi connectivity index (χ0v) is 22.7. The number of nitrogens with zero attached hydrogens (tertiary/aromatic N) is 6. The number of nitrogens with one attached hydrogen (secondary N) is 3. The lowest BCUT2D eigenvalue weighted by atomic mass is 10.2. The number of anilines is 4. The van der Waals surface area contributed by atoms with E-state index in [0.29, 0.717) is 28.1 Å². The molecule has 5 aromatic rings. The number of amides is 2. The molecular weight excluding hydrogens is 556 g/mol. The highest BCUT2D eigenvalue weighted by molar-refractivity contribution is 6.35. The minimum atomic E-state index is -0.662. The molecule has 0 aliphatic heterocycles. The number of nitrogens with two attached hydrogens (primary N) is 1. The second kappa shape index (κ2) is 11.6. The van der Waals surface area contributed by atoms with E-state index in [4.69, 9.17) is 22.3 Å². The van der Waals surface area contributed by atoms with E-state index in [0.717, 1.165) is 0 Å². The maximum absolute atomic E-state index is 13.9. The van der Waals surface area contributed by atoms with E-state index in [1.54, 1.807) is 73.7 Å². The molecule has 0 radical (unpaired) electrons. The number of fused-ring (bicyclic) bond motifs is 1. The van der Waals surface area contributed by atoms with E-state index in [9.17, 15) is 20.1 Å². The fourth-order valence-electron chi connectivity index (χ4n) is 4.33. The largest absolute Gasteiger partial charge is 0.382 e. The van der Waals surface area contributed by atoms with Gasteiger partial charge in [-0.3, -0.25) is 9.36 Å². The third-order valence-corrected chi connectivity index (χ3v) is 6.57. The molecule has 2 heterocycles. The Morgan fingerprint density at radius 3 is 2.60 bits per heavy atom. The van der Waals surface area contributed by atoms with Crippen molar-refractivity contribution in [2.24, 2.45) is 0 Å². The molecule has 0 aliphatic carbocycles. The number of halogens is 1. The average Bonchev–Trinajstić information content (AvgIpc) is 2.97. The molecule has 0 aliphatic rings. The Hall–Kier alpha value is -5.98. The van der Waals surface area contributed by atoms with Crippen LogP contribution in [-0.4, -0.2) is 25.6 Å². The SMILES string of the molecule is C[C@H](Nc1ncnc(N)c1C#N)c1nc2cccc(Cl)c2c(=O)n1-c1cccc(NC(=O)Nc2ccccc2C#N)c1. The van der Waals surface area contributed by atoms with Crippen molar-refractivity contribution in [2.45, 2.75) is 13.0 Å². The first-order chi connectivity index (χ1) is 20.3. The number of nitrogen functional groups attached to an aromatic ring is 1. The van der Waals surface area contributed by atoms with Gasteiger partial charge in [0.05, 0.1) is 38.9 Å². The van der Waals surface area contributed by atoms with Gasteiger partial charge in [0.25, 0.3) is 5.56 Å². The lowest BCUT2D eigenvalue weighted by Gasteiger charge is -2.21. The Kier molecular flexibility index (Phi) is 7.64. The molecule has 206 valence electrons. The van der Waals surface area contributed by atoms with Crippen molar-refractivity contribution >= 4 is 51.5 Å². The summed E-state index contributed by atoms with van der Waals surface area (Å²) in [6.07, 6.45) is 1.22. The van der Waals surface area contributed by atoms with Gasteiger partial charge in [-0.05, 0) is 49.4 Å². The number of urea groups is 1. The molecule has 5 N–H and O–H groups in total. The van der Waals surface area contributed by atoms with Gasteiger partial charge in [0.2, 0.25) is 0 Å². The zero-order chi connectivity index (χ0) is 29.8.